The normalized spacial score (nSPS) is 22.3. The molecule has 2 aliphatic heterocycles. The largest absolute Gasteiger partial charge is 0.465 e. The van der Waals surface area contributed by atoms with Gasteiger partial charge in [0.2, 0.25) is 11.8 Å². The fourth-order valence-electron chi connectivity index (χ4n) is 3.74. The van der Waals surface area contributed by atoms with Crippen LogP contribution in [-0.2, 0) is 25.5 Å². The summed E-state index contributed by atoms with van der Waals surface area (Å²) in [6.45, 7) is 3.55. The second-order valence-corrected chi connectivity index (χ2v) is 7.31. The molecule has 0 radical (unpaired) electrons. The fraction of sp³-hybridized carbons (Fsp3) is 0.550. The topological polar surface area (TPSA) is 75.7 Å². The van der Waals surface area contributed by atoms with Gasteiger partial charge in [-0.3, -0.25) is 14.4 Å². The van der Waals surface area contributed by atoms with Crippen LogP contribution >= 0.6 is 0 Å². The summed E-state index contributed by atoms with van der Waals surface area (Å²) < 4.78 is 4.93. The van der Waals surface area contributed by atoms with E-state index in [1.54, 1.807) is 0 Å². The van der Waals surface area contributed by atoms with E-state index < -0.39 is 0 Å². The van der Waals surface area contributed by atoms with Crippen molar-refractivity contribution in [2.75, 3.05) is 19.7 Å². The number of cyclic esters (lactones) is 1. The monoisotopic (exact) mass is 358 g/mol. The predicted molar refractivity (Wildman–Crippen MR) is 96.3 cm³/mol. The third-order valence-electron chi connectivity index (χ3n) is 5.08. The van der Waals surface area contributed by atoms with E-state index in [0.717, 1.165) is 30.5 Å². The zero-order chi connectivity index (χ0) is 18.5. The van der Waals surface area contributed by atoms with E-state index in [-0.39, 0.29) is 29.7 Å². The molecule has 6 heteroatoms. The van der Waals surface area contributed by atoms with Crippen LogP contribution in [0.1, 0.15) is 36.8 Å². The first-order valence-corrected chi connectivity index (χ1v) is 9.28. The van der Waals surface area contributed by atoms with Crippen molar-refractivity contribution < 1.29 is 19.1 Å². The maximum absolute atomic E-state index is 12.5. The zero-order valence-electron chi connectivity index (χ0n) is 15.2. The Balaban J connectivity index is 1.46. The summed E-state index contributed by atoms with van der Waals surface area (Å²) in [6, 6.07) is 7.96. The minimum Gasteiger partial charge on any atom is -0.465 e. The molecule has 2 fully saturated rings. The molecule has 0 aromatic heterocycles. The first-order chi connectivity index (χ1) is 12.5. The van der Waals surface area contributed by atoms with E-state index in [1.807, 2.05) is 36.1 Å². The van der Waals surface area contributed by atoms with Gasteiger partial charge in [-0.15, -0.1) is 0 Å². The second kappa shape index (κ2) is 8.34. The SMILES string of the molecule is Cc1cccc(CC(=O)NC[C@H]2CCCN2C(=O)CC2COC(=O)C2)c1. The van der Waals surface area contributed by atoms with E-state index in [9.17, 15) is 14.4 Å². The zero-order valence-corrected chi connectivity index (χ0v) is 15.2. The molecule has 1 aromatic rings. The van der Waals surface area contributed by atoms with Crippen LogP contribution in [0.4, 0.5) is 0 Å². The number of benzene rings is 1. The number of aryl methyl sites for hydroxylation is 1. The van der Waals surface area contributed by atoms with Crippen LogP contribution in [0.3, 0.4) is 0 Å². The van der Waals surface area contributed by atoms with Crippen LogP contribution in [-0.4, -0.2) is 48.4 Å². The molecule has 3 rings (SSSR count). The molecule has 0 saturated carbocycles. The number of ether oxygens (including phenoxy) is 1. The summed E-state index contributed by atoms with van der Waals surface area (Å²) in [5, 5.41) is 2.97. The van der Waals surface area contributed by atoms with Gasteiger partial charge in [-0.2, -0.15) is 0 Å². The van der Waals surface area contributed by atoms with Gasteiger partial charge in [0.1, 0.15) is 0 Å². The number of likely N-dealkylation sites (tertiary alicyclic amines) is 1. The van der Waals surface area contributed by atoms with Gasteiger partial charge in [0, 0.05) is 31.5 Å². The van der Waals surface area contributed by atoms with Crippen molar-refractivity contribution >= 4 is 17.8 Å². The molecule has 1 N–H and O–H groups in total. The minimum absolute atomic E-state index is 0.00726. The number of esters is 1. The Morgan fingerprint density at radius 1 is 1.35 bits per heavy atom. The minimum atomic E-state index is -0.218. The van der Waals surface area contributed by atoms with Gasteiger partial charge in [0.15, 0.2) is 0 Å². The predicted octanol–water partition coefficient (Wildman–Crippen LogP) is 1.60. The van der Waals surface area contributed by atoms with Crippen molar-refractivity contribution in [1.82, 2.24) is 10.2 Å². The maximum Gasteiger partial charge on any atom is 0.306 e. The van der Waals surface area contributed by atoms with Crippen molar-refractivity contribution in [3.05, 3.63) is 35.4 Å². The lowest BCUT2D eigenvalue weighted by molar-refractivity contribution is -0.138. The highest BCUT2D eigenvalue weighted by atomic mass is 16.5. The summed E-state index contributed by atoms with van der Waals surface area (Å²) in [5.74, 6) is -0.190. The molecule has 2 aliphatic rings. The number of carbonyl (C=O) groups is 3. The number of rotatable bonds is 6. The molecule has 2 amide bonds. The molecule has 1 aromatic carbocycles. The van der Waals surface area contributed by atoms with Crippen LogP contribution in [0.2, 0.25) is 0 Å². The smallest absolute Gasteiger partial charge is 0.306 e. The molecule has 0 aliphatic carbocycles. The van der Waals surface area contributed by atoms with Gasteiger partial charge in [-0.1, -0.05) is 29.8 Å². The van der Waals surface area contributed by atoms with Crippen molar-refractivity contribution in [1.29, 1.82) is 0 Å². The van der Waals surface area contributed by atoms with E-state index in [2.05, 4.69) is 5.32 Å². The van der Waals surface area contributed by atoms with Crippen LogP contribution < -0.4 is 5.32 Å². The van der Waals surface area contributed by atoms with Crippen molar-refractivity contribution in [2.45, 2.75) is 45.1 Å². The number of nitrogens with zero attached hydrogens (tertiary/aromatic N) is 1. The van der Waals surface area contributed by atoms with E-state index in [0.29, 0.717) is 32.4 Å². The molecule has 2 atom stereocenters. The third-order valence-corrected chi connectivity index (χ3v) is 5.08. The molecule has 1 unspecified atom stereocenters. The highest BCUT2D eigenvalue weighted by Crippen LogP contribution is 2.23. The third kappa shape index (κ3) is 4.84. The van der Waals surface area contributed by atoms with Gasteiger partial charge < -0.3 is 15.0 Å². The Morgan fingerprint density at radius 3 is 2.92 bits per heavy atom. The summed E-state index contributed by atoms with van der Waals surface area (Å²) in [5.41, 5.74) is 2.13. The molecule has 2 heterocycles. The molecule has 140 valence electrons. The Hall–Kier alpha value is -2.37. The lowest BCUT2D eigenvalue weighted by Crippen LogP contribution is -2.44. The van der Waals surface area contributed by atoms with Crippen molar-refractivity contribution in [3.63, 3.8) is 0 Å². The van der Waals surface area contributed by atoms with Crippen LogP contribution in [0.15, 0.2) is 24.3 Å². The van der Waals surface area contributed by atoms with Crippen LogP contribution in [0.5, 0.6) is 0 Å². The second-order valence-electron chi connectivity index (χ2n) is 7.31. The average molecular weight is 358 g/mol. The summed E-state index contributed by atoms with van der Waals surface area (Å²) in [4.78, 5) is 37.8. The lowest BCUT2D eigenvalue weighted by Gasteiger charge is -2.26. The number of amides is 2. The average Bonchev–Trinajstić information content (AvgIpc) is 3.22. The number of hydrogen-bond donors (Lipinski definition) is 1. The molecule has 0 bridgehead atoms. The Kier molecular flexibility index (Phi) is 5.91. The number of carbonyl (C=O) groups excluding carboxylic acids is 3. The fourth-order valence-corrected chi connectivity index (χ4v) is 3.74. The number of hydrogen-bond acceptors (Lipinski definition) is 4. The standard InChI is InChI=1S/C20H26N2O4/c1-14-4-2-5-15(8-14)9-18(23)21-12-17-6-3-7-22(17)19(24)10-16-11-20(25)26-13-16/h2,4-5,8,16-17H,3,6-7,9-13H2,1H3,(H,21,23)/t16?,17-/m1/s1. The van der Waals surface area contributed by atoms with E-state index in [1.165, 1.54) is 0 Å². The van der Waals surface area contributed by atoms with Crippen molar-refractivity contribution in [3.8, 4) is 0 Å². The lowest BCUT2D eigenvalue weighted by atomic mass is 10.0. The maximum atomic E-state index is 12.5. The number of nitrogens with one attached hydrogen (secondary N) is 1. The molecular formula is C20H26N2O4. The Labute approximate surface area is 153 Å². The summed E-state index contributed by atoms with van der Waals surface area (Å²) >= 11 is 0. The Morgan fingerprint density at radius 2 is 2.19 bits per heavy atom. The molecule has 2 saturated heterocycles. The summed E-state index contributed by atoms with van der Waals surface area (Å²) in [7, 11) is 0. The van der Waals surface area contributed by atoms with Gasteiger partial charge in [-0.05, 0) is 25.3 Å². The quantitative estimate of drug-likeness (QED) is 0.784. The van der Waals surface area contributed by atoms with E-state index in [4.69, 9.17) is 4.74 Å². The molecule has 0 spiro atoms. The highest BCUT2D eigenvalue weighted by molar-refractivity contribution is 5.80. The highest BCUT2D eigenvalue weighted by Gasteiger charge is 2.32. The van der Waals surface area contributed by atoms with Gasteiger partial charge in [-0.25, -0.2) is 0 Å². The van der Waals surface area contributed by atoms with Gasteiger partial charge >= 0.3 is 5.97 Å². The van der Waals surface area contributed by atoms with Gasteiger partial charge in [0.25, 0.3) is 0 Å². The van der Waals surface area contributed by atoms with Crippen LogP contribution in [0, 0.1) is 12.8 Å². The molecule has 26 heavy (non-hydrogen) atoms. The molecular weight excluding hydrogens is 332 g/mol. The van der Waals surface area contributed by atoms with Crippen LogP contribution in [0.25, 0.3) is 0 Å². The molecule has 6 nitrogen and oxygen atoms in total. The Bertz CT molecular complexity index is 688. The first kappa shape index (κ1) is 18.4. The van der Waals surface area contributed by atoms with E-state index >= 15 is 0 Å². The first-order valence-electron chi connectivity index (χ1n) is 9.28. The summed E-state index contributed by atoms with van der Waals surface area (Å²) in [6.07, 6.45) is 2.88. The van der Waals surface area contributed by atoms with Crippen molar-refractivity contribution in [2.24, 2.45) is 5.92 Å². The van der Waals surface area contributed by atoms with Gasteiger partial charge in [0.05, 0.1) is 19.4 Å².